The van der Waals surface area contributed by atoms with E-state index in [1.165, 1.54) is 18.2 Å². The molecule has 2 aromatic carbocycles. The molecule has 43 heavy (non-hydrogen) atoms. The number of rotatable bonds is 6. The molecule has 0 spiro atoms. The lowest BCUT2D eigenvalue weighted by molar-refractivity contribution is -0.120. The second-order valence-corrected chi connectivity index (χ2v) is 13.0. The molecule has 0 saturated carbocycles. The summed E-state index contributed by atoms with van der Waals surface area (Å²) in [7, 11) is 2.12. The molecule has 0 bridgehead atoms. The summed E-state index contributed by atoms with van der Waals surface area (Å²) in [5, 5.41) is 0.846. The summed E-state index contributed by atoms with van der Waals surface area (Å²) in [4.78, 5) is 35.6. The first kappa shape index (κ1) is 29.8. The predicted molar refractivity (Wildman–Crippen MR) is 165 cm³/mol. The number of carbonyl (C=O) groups excluding carboxylic acids is 1. The van der Waals surface area contributed by atoms with Crippen LogP contribution in [0, 0.1) is 29.4 Å². The molecule has 3 aromatic rings. The van der Waals surface area contributed by atoms with E-state index in [0.29, 0.717) is 41.4 Å². The van der Waals surface area contributed by atoms with Gasteiger partial charge in [-0.2, -0.15) is 4.98 Å². The monoisotopic (exact) mass is 610 g/mol. The molecular formula is C33H37ClF2N4O3. The van der Waals surface area contributed by atoms with E-state index in [9.17, 15) is 14.0 Å². The van der Waals surface area contributed by atoms with E-state index in [1.54, 1.807) is 10.6 Å². The summed E-state index contributed by atoms with van der Waals surface area (Å²) in [6.45, 7) is 10.4. The number of benzene rings is 2. The highest BCUT2D eigenvalue weighted by atomic mass is 35.5. The average molecular weight is 611 g/mol. The van der Waals surface area contributed by atoms with Crippen molar-refractivity contribution in [1.82, 2.24) is 14.5 Å². The van der Waals surface area contributed by atoms with Crippen molar-refractivity contribution in [2.75, 3.05) is 38.2 Å². The summed E-state index contributed by atoms with van der Waals surface area (Å²) in [5.41, 5.74) is 0.500. The van der Waals surface area contributed by atoms with Crippen LogP contribution in [-0.4, -0.2) is 59.6 Å². The van der Waals surface area contributed by atoms with Gasteiger partial charge in [0.05, 0.1) is 16.6 Å². The Morgan fingerprint density at radius 3 is 2.65 bits per heavy atom. The van der Waals surface area contributed by atoms with Gasteiger partial charge in [-0.3, -0.25) is 9.36 Å². The molecule has 2 fully saturated rings. The number of carbonyl (C=O) groups is 1. The molecule has 1 aromatic heterocycles. The Bertz CT molecular complexity index is 1650. The number of nitrogens with zero attached hydrogens (tertiary/aromatic N) is 4. The second-order valence-electron chi connectivity index (χ2n) is 12.5. The van der Waals surface area contributed by atoms with Crippen molar-refractivity contribution in [2.24, 2.45) is 17.8 Å². The van der Waals surface area contributed by atoms with Gasteiger partial charge in [0.15, 0.2) is 11.5 Å². The minimum absolute atomic E-state index is 0.00449. The molecule has 228 valence electrons. The van der Waals surface area contributed by atoms with Crippen molar-refractivity contribution in [3.05, 3.63) is 64.1 Å². The van der Waals surface area contributed by atoms with Crippen LogP contribution in [0.2, 0.25) is 5.02 Å². The maximum Gasteiger partial charge on any atom is 0.350 e. The summed E-state index contributed by atoms with van der Waals surface area (Å²) in [6.07, 6.45) is 4.80. The normalized spacial score (nSPS) is 24.7. The predicted octanol–water partition coefficient (Wildman–Crippen LogP) is 6.27. The molecule has 0 N–H and O–H groups in total. The van der Waals surface area contributed by atoms with Gasteiger partial charge in [-0.05, 0) is 88.9 Å². The molecule has 3 aliphatic heterocycles. The van der Waals surface area contributed by atoms with Crippen LogP contribution in [0.5, 0.6) is 5.75 Å². The number of likely N-dealkylation sites (tertiary alicyclic amines) is 1. The molecule has 3 aliphatic rings. The smallest absolute Gasteiger partial charge is 0.350 e. The van der Waals surface area contributed by atoms with Crippen molar-refractivity contribution in [3.8, 4) is 16.9 Å². The minimum atomic E-state index is -0.769. The first-order chi connectivity index (χ1) is 20.6. The number of halogens is 3. The number of ketones is 1. The number of hydrogen-bond donors (Lipinski definition) is 0. The second kappa shape index (κ2) is 11.7. The topological polar surface area (TPSA) is 67.7 Å². The number of anilines is 1. The van der Waals surface area contributed by atoms with Gasteiger partial charge >= 0.3 is 5.69 Å². The minimum Gasteiger partial charge on any atom is -0.488 e. The molecule has 0 radical (unpaired) electrons. The average Bonchev–Trinajstić information content (AvgIpc) is 2.97. The molecule has 0 aliphatic carbocycles. The zero-order valence-electron chi connectivity index (χ0n) is 24.8. The third-order valence-electron chi connectivity index (χ3n) is 9.66. The largest absolute Gasteiger partial charge is 0.488 e. The highest BCUT2D eigenvalue weighted by Crippen LogP contribution is 2.48. The van der Waals surface area contributed by atoms with Gasteiger partial charge in [-0.15, -0.1) is 0 Å². The Hall–Kier alpha value is -3.30. The summed E-state index contributed by atoms with van der Waals surface area (Å²) in [6, 6.07) is 4.72. The maximum atomic E-state index is 15.2. The van der Waals surface area contributed by atoms with Crippen LogP contribution in [0.15, 0.2) is 41.7 Å². The van der Waals surface area contributed by atoms with Gasteiger partial charge in [0.25, 0.3) is 0 Å². The van der Waals surface area contributed by atoms with E-state index in [1.807, 2.05) is 13.8 Å². The first-order valence-corrected chi connectivity index (χ1v) is 15.4. The summed E-state index contributed by atoms with van der Waals surface area (Å²) < 4.78 is 37.1. The first-order valence-electron chi connectivity index (χ1n) is 15.1. The maximum absolute atomic E-state index is 15.2. The zero-order chi connectivity index (χ0) is 30.6. The van der Waals surface area contributed by atoms with Crippen molar-refractivity contribution in [1.29, 1.82) is 0 Å². The van der Waals surface area contributed by atoms with E-state index in [-0.39, 0.29) is 52.5 Å². The SMILES string of the molecule is C=CC(=O)C1C[C@H](C)N(c2nc(=O)n3c4c(c(-c5ccc(F)cc5F)c(Cl)cc24)OC[C@H]3CC2CCN(C)CC2)C[C@H]1C. The van der Waals surface area contributed by atoms with Gasteiger partial charge in [0.2, 0.25) is 0 Å². The van der Waals surface area contributed by atoms with E-state index < -0.39 is 17.3 Å². The van der Waals surface area contributed by atoms with Gasteiger partial charge in [-0.1, -0.05) is 25.1 Å². The highest BCUT2D eigenvalue weighted by Gasteiger charge is 2.38. The molecule has 10 heteroatoms. The number of aromatic nitrogens is 2. The molecule has 1 unspecified atom stereocenters. The van der Waals surface area contributed by atoms with Crippen LogP contribution in [-0.2, 0) is 4.79 Å². The van der Waals surface area contributed by atoms with Crippen LogP contribution >= 0.6 is 11.6 Å². The lowest BCUT2D eigenvalue weighted by Crippen LogP contribution is -2.48. The Morgan fingerprint density at radius 2 is 1.95 bits per heavy atom. The van der Waals surface area contributed by atoms with Gasteiger partial charge < -0.3 is 14.5 Å². The quantitative estimate of drug-likeness (QED) is 0.307. The number of ether oxygens (including phenoxy) is 1. The van der Waals surface area contributed by atoms with Crippen molar-refractivity contribution in [3.63, 3.8) is 0 Å². The van der Waals surface area contributed by atoms with E-state index in [0.717, 1.165) is 38.4 Å². The van der Waals surface area contributed by atoms with Crippen LogP contribution < -0.4 is 15.3 Å². The highest BCUT2D eigenvalue weighted by molar-refractivity contribution is 6.35. The van der Waals surface area contributed by atoms with Crippen molar-refractivity contribution in [2.45, 2.75) is 51.6 Å². The summed E-state index contributed by atoms with van der Waals surface area (Å²) >= 11 is 6.88. The van der Waals surface area contributed by atoms with Crippen LogP contribution in [0.1, 0.15) is 45.6 Å². The van der Waals surface area contributed by atoms with Crippen LogP contribution in [0.25, 0.3) is 22.0 Å². The molecular weight excluding hydrogens is 574 g/mol. The lowest BCUT2D eigenvalue weighted by atomic mass is 9.80. The van der Waals surface area contributed by atoms with Crippen molar-refractivity contribution >= 4 is 34.1 Å². The van der Waals surface area contributed by atoms with Crippen LogP contribution in [0.4, 0.5) is 14.6 Å². The number of allylic oxidation sites excluding steroid dienone is 1. The third kappa shape index (κ3) is 5.35. The van der Waals surface area contributed by atoms with E-state index >= 15 is 4.39 Å². The number of piperidine rings is 2. The Kier molecular flexibility index (Phi) is 8.07. The molecule has 0 amide bonds. The van der Waals surface area contributed by atoms with Crippen LogP contribution in [0.3, 0.4) is 0 Å². The molecule has 4 atom stereocenters. The molecule has 7 nitrogen and oxygen atoms in total. The van der Waals surface area contributed by atoms with E-state index in [4.69, 9.17) is 16.3 Å². The Labute approximate surface area is 255 Å². The van der Waals surface area contributed by atoms with Gasteiger partial charge in [-0.25, -0.2) is 13.6 Å². The van der Waals surface area contributed by atoms with Gasteiger partial charge in [0.1, 0.15) is 24.1 Å². The zero-order valence-corrected chi connectivity index (χ0v) is 25.5. The van der Waals surface area contributed by atoms with E-state index in [2.05, 4.69) is 28.4 Å². The number of hydrogen-bond acceptors (Lipinski definition) is 6. The lowest BCUT2D eigenvalue weighted by Gasteiger charge is -2.42. The fourth-order valence-corrected chi connectivity index (χ4v) is 7.56. The molecule has 4 heterocycles. The standard InChI is InChI=1S/C33H37ClF2N4O3/c1-5-28(41)24-12-19(3)39(16-18(24)2)32-25-15-26(34)29(23-7-6-21(35)14-27(23)36)31-30(25)40(33(42)37-32)22(17-43-31)13-20-8-10-38(4)11-9-20/h5-7,14-15,18-20,22,24H,1,8-13,16-17H2,2-4H3/t18-,19+,22-,24?/m1/s1. The Morgan fingerprint density at radius 1 is 1.21 bits per heavy atom. The Balaban J connectivity index is 1.53. The molecule has 2 saturated heterocycles. The van der Waals surface area contributed by atoms with Gasteiger partial charge in [0, 0.05) is 41.1 Å². The van der Waals surface area contributed by atoms with Crippen molar-refractivity contribution < 1.29 is 18.3 Å². The molecule has 6 rings (SSSR count). The summed E-state index contributed by atoms with van der Waals surface area (Å²) in [5.74, 6) is -0.415. The fourth-order valence-electron chi connectivity index (χ4n) is 7.27. The fraction of sp³-hybridized carbons (Fsp3) is 0.485. The third-order valence-corrected chi connectivity index (χ3v) is 9.96.